The lowest BCUT2D eigenvalue weighted by molar-refractivity contribution is -0.126. The maximum atomic E-state index is 12.8. The molecule has 2 N–H and O–H groups in total. The fourth-order valence-corrected chi connectivity index (χ4v) is 3.34. The zero-order chi connectivity index (χ0) is 20.1. The van der Waals surface area contributed by atoms with Gasteiger partial charge in [-0.15, -0.1) is 0 Å². The lowest BCUT2D eigenvalue weighted by Gasteiger charge is -2.14. The molecule has 0 aliphatic carbocycles. The van der Waals surface area contributed by atoms with Crippen molar-refractivity contribution in [1.82, 2.24) is 5.32 Å². The number of fused-ring (bicyclic) bond motifs is 1. The van der Waals surface area contributed by atoms with E-state index in [0.717, 1.165) is 22.4 Å². The second kappa shape index (κ2) is 8.52. The van der Waals surface area contributed by atoms with Crippen LogP contribution in [0.5, 0.6) is 0 Å². The normalized spacial score (nSPS) is 15.7. The fraction of sp³-hybridized carbons (Fsp3) is 0.125. The summed E-state index contributed by atoms with van der Waals surface area (Å²) in [7, 11) is 0. The summed E-state index contributed by atoms with van der Waals surface area (Å²) >= 11 is 0. The predicted molar refractivity (Wildman–Crippen MR) is 114 cm³/mol. The quantitative estimate of drug-likeness (QED) is 0.711. The molecule has 0 saturated carbocycles. The van der Waals surface area contributed by atoms with Crippen LogP contribution in [0.3, 0.4) is 0 Å². The Bertz CT molecular complexity index is 1050. The molecule has 1 amide bonds. The highest BCUT2D eigenvalue weighted by Gasteiger charge is 2.26. The number of aliphatic imine (C=N–C) groups is 1. The van der Waals surface area contributed by atoms with Crippen LogP contribution < -0.4 is 10.6 Å². The van der Waals surface area contributed by atoms with E-state index in [0.29, 0.717) is 5.71 Å². The van der Waals surface area contributed by atoms with Crippen LogP contribution in [0.15, 0.2) is 89.9 Å². The molecule has 1 aliphatic heterocycles. The van der Waals surface area contributed by atoms with E-state index in [1.807, 2.05) is 84.9 Å². The van der Waals surface area contributed by atoms with E-state index in [1.54, 1.807) is 0 Å². The van der Waals surface area contributed by atoms with Crippen molar-refractivity contribution in [2.45, 2.75) is 12.6 Å². The maximum absolute atomic E-state index is 12.8. The van der Waals surface area contributed by atoms with Gasteiger partial charge in [0.05, 0.1) is 12.3 Å². The average molecular weight is 383 g/mol. The number of nitrogens with one attached hydrogen (secondary N) is 2. The van der Waals surface area contributed by atoms with Gasteiger partial charge in [-0.05, 0) is 17.7 Å². The van der Waals surface area contributed by atoms with Crippen LogP contribution in [-0.4, -0.2) is 30.1 Å². The van der Waals surface area contributed by atoms with Crippen molar-refractivity contribution in [3.63, 3.8) is 0 Å². The molecule has 0 fully saturated rings. The maximum Gasteiger partial charge on any atom is 0.241 e. The molecule has 3 aromatic rings. The van der Waals surface area contributed by atoms with Crippen molar-refractivity contribution < 1.29 is 9.59 Å². The Kier molecular flexibility index (Phi) is 5.47. The zero-order valence-corrected chi connectivity index (χ0v) is 15.8. The highest BCUT2D eigenvalue weighted by molar-refractivity contribution is 6.16. The third kappa shape index (κ3) is 4.41. The molecule has 0 saturated heterocycles. The lowest BCUT2D eigenvalue weighted by atomic mass is 9.96. The summed E-state index contributed by atoms with van der Waals surface area (Å²) in [6.07, 6.45) is -0.685. The van der Waals surface area contributed by atoms with Gasteiger partial charge in [-0.2, -0.15) is 0 Å². The van der Waals surface area contributed by atoms with Crippen molar-refractivity contribution >= 4 is 23.1 Å². The highest BCUT2D eigenvalue weighted by atomic mass is 16.2. The van der Waals surface area contributed by atoms with Crippen molar-refractivity contribution in [2.24, 2.45) is 4.99 Å². The molecule has 3 aromatic carbocycles. The topological polar surface area (TPSA) is 70.6 Å². The van der Waals surface area contributed by atoms with Gasteiger partial charge < -0.3 is 10.6 Å². The second-order valence-electron chi connectivity index (χ2n) is 6.83. The molecule has 4 rings (SSSR count). The number of amides is 1. The van der Waals surface area contributed by atoms with E-state index in [4.69, 9.17) is 0 Å². The zero-order valence-electron chi connectivity index (χ0n) is 15.8. The van der Waals surface area contributed by atoms with Gasteiger partial charge in [0.15, 0.2) is 11.9 Å². The van der Waals surface area contributed by atoms with Crippen LogP contribution in [0, 0.1) is 0 Å². The molecule has 29 heavy (non-hydrogen) atoms. The first kappa shape index (κ1) is 18.6. The summed E-state index contributed by atoms with van der Waals surface area (Å²) in [5.41, 5.74) is 4.31. The Morgan fingerprint density at radius 3 is 2.31 bits per heavy atom. The molecule has 144 valence electrons. The molecule has 0 bridgehead atoms. The molecule has 0 unspecified atom stereocenters. The number of Topliss-reactive ketones (excluding diaryl/α,β-unsaturated/α-hetero) is 1. The molecular weight excluding hydrogens is 362 g/mol. The van der Waals surface area contributed by atoms with Crippen LogP contribution in [0.1, 0.15) is 16.7 Å². The van der Waals surface area contributed by atoms with Gasteiger partial charge in [0.1, 0.15) is 0 Å². The molecule has 1 atom stereocenters. The van der Waals surface area contributed by atoms with E-state index in [1.165, 1.54) is 0 Å². The Labute approximate surface area is 169 Å². The van der Waals surface area contributed by atoms with Crippen molar-refractivity contribution in [3.8, 4) is 0 Å². The molecule has 5 nitrogen and oxygen atoms in total. The predicted octanol–water partition coefficient (Wildman–Crippen LogP) is 3.20. The number of anilines is 1. The van der Waals surface area contributed by atoms with Gasteiger partial charge in [-0.3, -0.25) is 14.6 Å². The lowest BCUT2D eigenvalue weighted by Crippen LogP contribution is -2.42. The molecule has 0 radical (unpaired) electrons. The van der Waals surface area contributed by atoms with Gasteiger partial charge in [0.2, 0.25) is 5.91 Å². The number of carbonyl (C=O) groups is 2. The number of hydrogen-bond acceptors (Lipinski definition) is 4. The van der Waals surface area contributed by atoms with Crippen molar-refractivity contribution in [3.05, 3.63) is 102 Å². The second-order valence-corrected chi connectivity index (χ2v) is 6.83. The summed E-state index contributed by atoms with van der Waals surface area (Å²) in [5.74, 6) is -0.411. The number of para-hydroxylation sites is 1. The number of benzene rings is 3. The Morgan fingerprint density at radius 2 is 1.55 bits per heavy atom. The van der Waals surface area contributed by atoms with Crippen LogP contribution in [0.4, 0.5) is 5.69 Å². The molecule has 5 heteroatoms. The number of nitrogens with zero attached hydrogens (tertiary/aromatic N) is 1. The van der Waals surface area contributed by atoms with Crippen LogP contribution >= 0.6 is 0 Å². The summed E-state index contributed by atoms with van der Waals surface area (Å²) in [6.45, 7) is 0.0664. The SMILES string of the molecule is O=C(CNc1ccccc1)N[C@H]1N=C(c2ccccc2)c2ccccc2CC1=O. The molecule has 1 aliphatic rings. The summed E-state index contributed by atoms with van der Waals surface area (Å²) in [5, 5.41) is 5.83. The molecular formula is C24H21N3O2. The monoisotopic (exact) mass is 383 g/mol. The molecule has 0 spiro atoms. The van der Waals surface area contributed by atoms with E-state index in [-0.39, 0.29) is 24.7 Å². The first-order valence-corrected chi connectivity index (χ1v) is 9.53. The van der Waals surface area contributed by atoms with Crippen molar-refractivity contribution in [2.75, 3.05) is 11.9 Å². The smallest absolute Gasteiger partial charge is 0.241 e. The van der Waals surface area contributed by atoms with Crippen molar-refractivity contribution in [1.29, 1.82) is 0 Å². The first-order chi connectivity index (χ1) is 14.2. The average Bonchev–Trinajstić information content (AvgIpc) is 2.90. The van der Waals surface area contributed by atoms with E-state index in [9.17, 15) is 9.59 Å². The number of rotatable bonds is 5. The Balaban J connectivity index is 1.58. The minimum atomic E-state index is -0.914. The first-order valence-electron chi connectivity index (χ1n) is 9.53. The van der Waals surface area contributed by atoms with Crippen LogP contribution in [-0.2, 0) is 16.0 Å². The summed E-state index contributed by atoms with van der Waals surface area (Å²) in [4.78, 5) is 30.0. The van der Waals surface area contributed by atoms with Gasteiger partial charge in [-0.25, -0.2) is 0 Å². The van der Waals surface area contributed by atoms with Gasteiger partial charge >= 0.3 is 0 Å². The Hall–Kier alpha value is -3.73. The van der Waals surface area contributed by atoms with E-state index < -0.39 is 6.17 Å². The van der Waals surface area contributed by atoms with Crippen LogP contribution in [0.2, 0.25) is 0 Å². The van der Waals surface area contributed by atoms with Gasteiger partial charge in [0, 0.05) is 23.2 Å². The Morgan fingerprint density at radius 1 is 0.897 bits per heavy atom. The number of hydrogen-bond donors (Lipinski definition) is 2. The largest absolute Gasteiger partial charge is 0.376 e. The fourth-order valence-electron chi connectivity index (χ4n) is 3.34. The van der Waals surface area contributed by atoms with E-state index >= 15 is 0 Å². The minimum absolute atomic E-state index is 0.0664. The summed E-state index contributed by atoms with van der Waals surface area (Å²) in [6, 6.07) is 26.9. The third-order valence-corrected chi connectivity index (χ3v) is 4.77. The molecule has 1 heterocycles. The van der Waals surface area contributed by atoms with Gasteiger partial charge in [-0.1, -0.05) is 72.8 Å². The number of carbonyl (C=O) groups excluding carboxylic acids is 2. The van der Waals surface area contributed by atoms with Crippen LogP contribution in [0.25, 0.3) is 0 Å². The third-order valence-electron chi connectivity index (χ3n) is 4.77. The highest BCUT2D eigenvalue weighted by Crippen LogP contribution is 2.21. The van der Waals surface area contributed by atoms with Gasteiger partial charge in [0.25, 0.3) is 0 Å². The van der Waals surface area contributed by atoms with E-state index in [2.05, 4.69) is 15.6 Å². The standard InChI is InChI=1S/C24H21N3O2/c28-21-15-18-11-7-8-14-20(18)23(17-9-3-1-4-10-17)27-24(21)26-22(29)16-25-19-12-5-2-6-13-19/h1-14,24-25H,15-16H2,(H,26,29)/t24-/m0/s1. The number of ketones is 1. The molecule has 0 aromatic heterocycles. The summed E-state index contributed by atoms with van der Waals surface area (Å²) < 4.78 is 0. The minimum Gasteiger partial charge on any atom is -0.376 e.